The van der Waals surface area contributed by atoms with Gasteiger partial charge in [-0.3, -0.25) is 0 Å². The number of aromatic nitrogens is 1. The SMILES string of the molecule is Cc1ccc(S(=O)(=O)N[C@H](Cc2c[nH]c3ccccc23)C(=O)Oc2cc3oc(=O)cc(C)c3cc2Cl)cc1. The molecule has 5 rings (SSSR count). The summed E-state index contributed by atoms with van der Waals surface area (Å²) in [7, 11) is -4.08. The highest BCUT2D eigenvalue weighted by atomic mass is 35.5. The van der Waals surface area contributed by atoms with E-state index in [9.17, 15) is 18.0 Å². The highest BCUT2D eigenvalue weighted by Gasteiger charge is 2.29. The van der Waals surface area contributed by atoms with Crippen molar-refractivity contribution in [1.82, 2.24) is 9.71 Å². The van der Waals surface area contributed by atoms with Crippen molar-refractivity contribution in [3.63, 3.8) is 0 Å². The summed E-state index contributed by atoms with van der Waals surface area (Å²) in [4.78, 5) is 28.4. The Morgan fingerprint density at radius 2 is 1.79 bits per heavy atom. The number of fused-ring (bicyclic) bond motifs is 2. The Bertz CT molecular complexity index is 1840. The van der Waals surface area contributed by atoms with Gasteiger partial charge < -0.3 is 14.1 Å². The monoisotopic (exact) mass is 550 g/mol. The van der Waals surface area contributed by atoms with E-state index in [1.54, 1.807) is 25.3 Å². The minimum atomic E-state index is -4.08. The van der Waals surface area contributed by atoms with Crippen molar-refractivity contribution < 1.29 is 22.4 Å². The molecule has 0 saturated heterocycles. The number of ether oxygens (including phenoxy) is 1. The van der Waals surface area contributed by atoms with Crippen molar-refractivity contribution in [2.24, 2.45) is 0 Å². The molecule has 0 fully saturated rings. The van der Waals surface area contributed by atoms with E-state index in [-0.39, 0.29) is 27.7 Å². The van der Waals surface area contributed by atoms with Crippen LogP contribution in [-0.2, 0) is 21.2 Å². The van der Waals surface area contributed by atoms with Crippen LogP contribution in [0.15, 0.2) is 87.0 Å². The molecule has 194 valence electrons. The number of H-pyrrole nitrogens is 1. The molecule has 10 heteroatoms. The molecule has 3 aromatic carbocycles. The Balaban J connectivity index is 1.50. The number of esters is 1. The maximum absolute atomic E-state index is 13.4. The third-order valence-electron chi connectivity index (χ3n) is 6.23. The van der Waals surface area contributed by atoms with E-state index in [1.807, 2.05) is 31.2 Å². The molecule has 0 aliphatic rings. The van der Waals surface area contributed by atoms with Crippen molar-refractivity contribution >= 4 is 49.5 Å². The molecule has 0 unspecified atom stereocenters. The molecule has 38 heavy (non-hydrogen) atoms. The molecule has 2 aromatic heterocycles. The van der Waals surface area contributed by atoms with Crippen molar-refractivity contribution in [2.75, 3.05) is 0 Å². The lowest BCUT2D eigenvalue weighted by Crippen LogP contribution is -2.44. The average molecular weight is 551 g/mol. The first-order chi connectivity index (χ1) is 18.1. The topological polar surface area (TPSA) is 118 Å². The normalized spacial score (nSPS) is 12.6. The standard InChI is InChI=1S/C28H23ClN2O6S/c1-16-7-9-19(10-8-16)38(34,35)31-24(12-18-15-30-23-6-4-3-5-20(18)23)28(33)37-26-14-25-21(13-22(26)29)17(2)11-27(32)36-25/h3-11,13-15,24,30-31H,12H2,1-2H3/t24-/m1/s1. The van der Waals surface area contributed by atoms with Crippen LogP contribution in [0.2, 0.25) is 5.02 Å². The fourth-order valence-corrected chi connectivity index (χ4v) is 5.63. The van der Waals surface area contributed by atoms with Crippen LogP contribution in [-0.4, -0.2) is 25.4 Å². The first-order valence-corrected chi connectivity index (χ1v) is 13.6. The molecule has 0 spiro atoms. The second kappa shape index (κ2) is 10.1. The van der Waals surface area contributed by atoms with Gasteiger partial charge in [0.2, 0.25) is 10.0 Å². The quantitative estimate of drug-likeness (QED) is 0.166. The molecule has 0 amide bonds. The molecule has 8 nitrogen and oxygen atoms in total. The summed E-state index contributed by atoms with van der Waals surface area (Å²) in [5.41, 5.74) is 2.75. The third kappa shape index (κ3) is 5.22. The molecule has 0 radical (unpaired) electrons. The van der Waals surface area contributed by atoms with Crippen LogP contribution in [0.3, 0.4) is 0 Å². The Kier molecular flexibility index (Phi) is 6.83. The van der Waals surface area contributed by atoms with Gasteiger partial charge in [0.05, 0.1) is 9.92 Å². The van der Waals surface area contributed by atoms with Crippen LogP contribution in [0, 0.1) is 13.8 Å². The molecule has 2 heterocycles. The Morgan fingerprint density at radius 1 is 1.05 bits per heavy atom. The number of aromatic amines is 1. The van der Waals surface area contributed by atoms with Gasteiger partial charge in [0, 0.05) is 41.0 Å². The highest BCUT2D eigenvalue weighted by Crippen LogP contribution is 2.31. The fourth-order valence-electron chi connectivity index (χ4n) is 4.24. The summed E-state index contributed by atoms with van der Waals surface area (Å²) < 4.78 is 39.8. The smallest absolute Gasteiger partial charge is 0.336 e. The van der Waals surface area contributed by atoms with Crippen LogP contribution in [0.1, 0.15) is 16.7 Å². The second-order valence-electron chi connectivity index (χ2n) is 9.00. The summed E-state index contributed by atoms with van der Waals surface area (Å²) >= 11 is 6.39. The Morgan fingerprint density at radius 3 is 2.55 bits per heavy atom. The maximum atomic E-state index is 13.4. The second-order valence-corrected chi connectivity index (χ2v) is 11.1. The van der Waals surface area contributed by atoms with Crippen molar-refractivity contribution in [3.8, 4) is 5.75 Å². The number of sulfonamides is 1. The van der Waals surface area contributed by atoms with Crippen LogP contribution >= 0.6 is 11.6 Å². The molecule has 5 aromatic rings. The zero-order valence-corrected chi connectivity index (χ0v) is 22.0. The molecule has 0 saturated carbocycles. The first kappa shape index (κ1) is 25.7. The number of hydrogen-bond acceptors (Lipinski definition) is 6. The maximum Gasteiger partial charge on any atom is 0.336 e. The van der Waals surface area contributed by atoms with Gasteiger partial charge in [-0.1, -0.05) is 47.5 Å². The van der Waals surface area contributed by atoms with Crippen molar-refractivity contribution in [1.29, 1.82) is 0 Å². The lowest BCUT2D eigenvalue weighted by Gasteiger charge is -2.18. The molecule has 0 aliphatic carbocycles. The summed E-state index contributed by atoms with van der Waals surface area (Å²) in [6.45, 7) is 3.58. The van der Waals surface area contributed by atoms with Gasteiger partial charge in [-0.15, -0.1) is 0 Å². The van der Waals surface area contributed by atoms with E-state index in [0.29, 0.717) is 10.9 Å². The molecule has 2 N–H and O–H groups in total. The molecular weight excluding hydrogens is 528 g/mol. The Hall–Kier alpha value is -3.92. The van der Waals surface area contributed by atoms with E-state index in [1.165, 1.54) is 30.3 Å². The van der Waals surface area contributed by atoms with E-state index >= 15 is 0 Å². The number of aryl methyl sites for hydroxylation is 2. The van der Waals surface area contributed by atoms with Gasteiger partial charge >= 0.3 is 11.6 Å². The minimum Gasteiger partial charge on any atom is -0.424 e. The number of rotatable bonds is 7. The van der Waals surface area contributed by atoms with E-state index in [2.05, 4.69) is 9.71 Å². The number of nitrogens with one attached hydrogen (secondary N) is 2. The van der Waals surface area contributed by atoms with Gasteiger partial charge in [0.15, 0.2) is 5.75 Å². The first-order valence-electron chi connectivity index (χ1n) is 11.7. The van der Waals surface area contributed by atoms with Gasteiger partial charge in [-0.2, -0.15) is 4.72 Å². The zero-order chi connectivity index (χ0) is 27.0. The largest absolute Gasteiger partial charge is 0.424 e. The number of hydrogen-bond donors (Lipinski definition) is 2. The van der Waals surface area contributed by atoms with Crippen LogP contribution < -0.4 is 15.1 Å². The molecule has 0 aliphatic heterocycles. The minimum absolute atomic E-state index is 0.00727. The van der Waals surface area contributed by atoms with Gasteiger partial charge in [-0.05, 0) is 49.2 Å². The molecular formula is C28H23ClN2O6S. The van der Waals surface area contributed by atoms with Crippen LogP contribution in [0.4, 0.5) is 0 Å². The van der Waals surface area contributed by atoms with Gasteiger partial charge in [0.25, 0.3) is 0 Å². The summed E-state index contributed by atoms with van der Waals surface area (Å²) in [5.74, 6) is -0.932. The van der Waals surface area contributed by atoms with Gasteiger partial charge in [-0.25, -0.2) is 18.0 Å². The average Bonchev–Trinajstić information content (AvgIpc) is 3.27. The van der Waals surface area contributed by atoms with Gasteiger partial charge in [0.1, 0.15) is 11.6 Å². The van der Waals surface area contributed by atoms with E-state index < -0.39 is 27.7 Å². The predicted molar refractivity (Wildman–Crippen MR) is 145 cm³/mol. The number of carbonyl (C=O) groups excluding carboxylic acids is 1. The van der Waals surface area contributed by atoms with Crippen molar-refractivity contribution in [3.05, 3.63) is 105 Å². The summed E-state index contributed by atoms with van der Waals surface area (Å²) in [6.07, 6.45) is 1.74. The fraction of sp³-hybridized carbons (Fsp3) is 0.143. The number of para-hydroxylation sites is 1. The third-order valence-corrected chi connectivity index (χ3v) is 8.01. The molecule has 0 bridgehead atoms. The number of benzene rings is 3. The predicted octanol–water partition coefficient (Wildman–Crippen LogP) is 5.04. The zero-order valence-electron chi connectivity index (χ0n) is 20.4. The number of halogens is 1. The van der Waals surface area contributed by atoms with Crippen LogP contribution in [0.25, 0.3) is 21.9 Å². The van der Waals surface area contributed by atoms with Crippen LogP contribution in [0.5, 0.6) is 5.75 Å². The highest BCUT2D eigenvalue weighted by molar-refractivity contribution is 7.89. The molecule has 1 atom stereocenters. The lowest BCUT2D eigenvalue weighted by atomic mass is 10.1. The summed E-state index contributed by atoms with van der Waals surface area (Å²) in [5, 5.41) is 1.54. The summed E-state index contributed by atoms with van der Waals surface area (Å²) in [6, 6.07) is 16.7. The lowest BCUT2D eigenvalue weighted by molar-refractivity contribution is -0.136. The van der Waals surface area contributed by atoms with Crippen molar-refractivity contribution in [2.45, 2.75) is 31.2 Å². The van der Waals surface area contributed by atoms with E-state index in [4.69, 9.17) is 20.8 Å². The van der Waals surface area contributed by atoms with E-state index in [0.717, 1.165) is 22.0 Å². The number of carbonyl (C=O) groups is 1. The Labute approximate surface area is 223 Å².